The second-order valence-corrected chi connectivity index (χ2v) is 11.4. The highest BCUT2D eigenvalue weighted by atomic mass is 16.6. The van der Waals surface area contributed by atoms with Crippen LogP contribution in [0.4, 0.5) is 0 Å². The predicted molar refractivity (Wildman–Crippen MR) is 164 cm³/mol. The van der Waals surface area contributed by atoms with Gasteiger partial charge in [-0.2, -0.15) is 0 Å². The standard InChI is InChI=1S/C34H64O6/c1-4-7-10-13-14-15-16-17-18-19-22-24-27-33(36)39-30-31(40-34(37)28-25-21-12-9-6-3)29-38-32(35)26-23-20-11-8-5-2/h31H,4-30H2,1-3H3/t31-/m0/s1. The topological polar surface area (TPSA) is 78.9 Å². The van der Waals surface area contributed by atoms with Gasteiger partial charge in [-0.3, -0.25) is 14.4 Å². The number of ether oxygens (including phenoxy) is 3. The van der Waals surface area contributed by atoms with E-state index in [1.165, 1.54) is 70.6 Å². The zero-order chi connectivity index (χ0) is 29.5. The van der Waals surface area contributed by atoms with Crippen LogP contribution in [0.3, 0.4) is 0 Å². The minimum atomic E-state index is -0.752. The van der Waals surface area contributed by atoms with Gasteiger partial charge in [-0.1, -0.05) is 143 Å². The molecule has 40 heavy (non-hydrogen) atoms. The highest BCUT2D eigenvalue weighted by Gasteiger charge is 2.19. The van der Waals surface area contributed by atoms with E-state index in [1.807, 2.05) is 0 Å². The summed E-state index contributed by atoms with van der Waals surface area (Å²) in [5.74, 6) is -0.899. The zero-order valence-electron chi connectivity index (χ0n) is 26.6. The van der Waals surface area contributed by atoms with E-state index in [0.717, 1.165) is 70.6 Å². The second-order valence-electron chi connectivity index (χ2n) is 11.4. The van der Waals surface area contributed by atoms with E-state index in [9.17, 15) is 14.4 Å². The van der Waals surface area contributed by atoms with E-state index < -0.39 is 6.10 Å². The van der Waals surface area contributed by atoms with Crippen molar-refractivity contribution < 1.29 is 28.6 Å². The lowest BCUT2D eigenvalue weighted by molar-refractivity contribution is -0.167. The second kappa shape index (κ2) is 30.4. The monoisotopic (exact) mass is 568 g/mol. The van der Waals surface area contributed by atoms with Gasteiger partial charge in [0.15, 0.2) is 6.10 Å². The molecule has 0 aromatic heterocycles. The third-order valence-corrected chi connectivity index (χ3v) is 7.36. The first-order valence-corrected chi connectivity index (χ1v) is 17.0. The van der Waals surface area contributed by atoms with Crippen molar-refractivity contribution in [1.29, 1.82) is 0 Å². The molecule has 0 bridgehead atoms. The molecule has 0 rings (SSSR count). The number of carbonyl (C=O) groups excluding carboxylic acids is 3. The fourth-order valence-corrected chi connectivity index (χ4v) is 4.73. The Bertz CT molecular complexity index is 591. The summed E-state index contributed by atoms with van der Waals surface area (Å²) in [4.78, 5) is 36.8. The summed E-state index contributed by atoms with van der Waals surface area (Å²) in [5.41, 5.74) is 0. The molecule has 0 aliphatic carbocycles. The highest BCUT2D eigenvalue weighted by Crippen LogP contribution is 2.13. The Balaban J connectivity index is 4.20. The summed E-state index contributed by atoms with van der Waals surface area (Å²) >= 11 is 0. The lowest BCUT2D eigenvalue weighted by Crippen LogP contribution is -2.30. The van der Waals surface area contributed by atoms with Gasteiger partial charge in [-0.25, -0.2) is 0 Å². The van der Waals surface area contributed by atoms with E-state index in [4.69, 9.17) is 14.2 Å². The Kier molecular flexibility index (Phi) is 29.2. The van der Waals surface area contributed by atoms with Crippen molar-refractivity contribution in [2.24, 2.45) is 0 Å². The van der Waals surface area contributed by atoms with Crippen LogP contribution in [0.1, 0.15) is 181 Å². The Morgan fingerprint density at radius 2 is 0.675 bits per heavy atom. The summed E-state index contributed by atoms with van der Waals surface area (Å²) in [6.07, 6.45) is 25.7. The molecular formula is C34H64O6. The van der Waals surface area contributed by atoms with Crippen molar-refractivity contribution in [2.75, 3.05) is 13.2 Å². The van der Waals surface area contributed by atoms with Gasteiger partial charge in [0.25, 0.3) is 0 Å². The van der Waals surface area contributed by atoms with Crippen LogP contribution < -0.4 is 0 Å². The normalized spacial score (nSPS) is 11.8. The summed E-state index contributed by atoms with van der Waals surface area (Å²) < 4.78 is 16.3. The van der Waals surface area contributed by atoms with Crippen molar-refractivity contribution >= 4 is 17.9 Å². The molecule has 0 aromatic carbocycles. The lowest BCUT2D eigenvalue weighted by atomic mass is 10.0. The Hall–Kier alpha value is -1.59. The molecule has 0 spiro atoms. The average molecular weight is 569 g/mol. The van der Waals surface area contributed by atoms with Crippen LogP contribution in [0, 0.1) is 0 Å². The maximum absolute atomic E-state index is 12.3. The number of rotatable bonds is 30. The molecule has 0 amide bonds. The van der Waals surface area contributed by atoms with E-state index in [1.54, 1.807) is 0 Å². The van der Waals surface area contributed by atoms with Gasteiger partial charge in [0.05, 0.1) is 0 Å². The van der Waals surface area contributed by atoms with Crippen molar-refractivity contribution in [1.82, 2.24) is 0 Å². The van der Waals surface area contributed by atoms with Crippen LogP contribution >= 0.6 is 0 Å². The molecule has 0 fully saturated rings. The zero-order valence-corrected chi connectivity index (χ0v) is 26.6. The van der Waals surface area contributed by atoms with E-state index >= 15 is 0 Å². The highest BCUT2D eigenvalue weighted by molar-refractivity contribution is 5.71. The summed E-state index contributed by atoms with van der Waals surface area (Å²) in [7, 11) is 0. The molecule has 0 aliphatic heterocycles. The van der Waals surface area contributed by atoms with Gasteiger partial charge in [0, 0.05) is 19.3 Å². The van der Waals surface area contributed by atoms with Gasteiger partial charge in [-0.05, 0) is 19.3 Å². The minimum Gasteiger partial charge on any atom is -0.462 e. The predicted octanol–water partition coefficient (Wildman–Crippen LogP) is 9.80. The largest absolute Gasteiger partial charge is 0.462 e. The molecule has 0 N–H and O–H groups in total. The van der Waals surface area contributed by atoms with E-state index in [2.05, 4.69) is 20.8 Å². The molecule has 236 valence electrons. The molecule has 0 aliphatic rings. The van der Waals surface area contributed by atoms with Crippen molar-refractivity contribution in [3.05, 3.63) is 0 Å². The Morgan fingerprint density at radius 3 is 1.00 bits per heavy atom. The quantitative estimate of drug-likeness (QED) is 0.0487. The molecule has 0 heterocycles. The first-order valence-electron chi connectivity index (χ1n) is 17.0. The van der Waals surface area contributed by atoms with Crippen molar-refractivity contribution in [3.8, 4) is 0 Å². The number of carbonyl (C=O) groups is 3. The van der Waals surface area contributed by atoms with Crippen LogP contribution in [0.15, 0.2) is 0 Å². The SMILES string of the molecule is CCCCCCCCCCCCCCC(=O)OC[C@H](COC(=O)CCCCCCC)OC(=O)CCCCCCC. The molecule has 1 atom stereocenters. The summed E-state index contributed by atoms with van der Waals surface area (Å²) in [6.45, 7) is 6.43. The van der Waals surface area contributed by atoms with Gasteiger partial charge < -0.3 is 14.2 Å². The van der Waals surface area contributed by atoms with Crippen LogP contribution in [0.2, 0.25) is 0 Å². The summed E-state index contributed by atoms with van der Waals surface area (Å²) in [6, 6.07) is 0. The van der Waals surface area contributed by atoms with Crippen LogP contribution in [-0.2, 0) is 28.6 Å². The molecule has 6 heteroatoms. The molecule has 0 aromatic rings. The molecule has 0 saturated heterocycles. The molecule has 6 nitrogen and oxygen atoms in total. The van der Waals surface area contributed by atoms with Crippen LogP contribution in [0.5, 0.6) is 0 Å². The number of unbranched alkanes of at least 4 members (excludes halogenated alkanes) is 19. The van der Waals surface area contributed by atoms with E-state index in [-0.39, 0.29) is 31.1 Å². The first-order chi connectivity index (χ1) is 19.5. The third kappa shape index (κ3) is 28.0. The molecule has 0 saturated carbocycles. The number of hydrogen-bond donors (Lipinski definition) is 0. The first kappa shape index (κ1) is 38.4. The van der Waals surface area contributed by atoms with E-state index in [0.29, 0.717) is 19.3 Å². The van der Waals surface area contributed by atoms with Gasteiger partial charge >= 0.3 is 17.9 Å². The average Bonchev–Trinajstić information content (AvgIpc) is 2.94. The third-order valence-electron chi connectivity index (χ3n) is 7.36. The molecular weight excluding hydrogens is 504 g/mol. The smallest absolute Gasteiger partial charge is 0.306 e. The fourth-order valence-electron chi connectivity index (χ4n) is 4.73. The van der Waals surface area contributed by atoms with Crippen LogP contribution in [-0.4, -0.2) is 37.2 Å². The van der Waals surface area contributed by atoms with Gasteiger partial charge in [0.1, 0.15) is 13.2 Å². The van der Waals surface area contributed by atoms with Gasteiger partial charge in [0.2, 0.25) is 0 Å². The fraction of sp³-hybridized carbons (Fsp3) is 0.912. The van der Waals surface area contributed by atoms with Crippen molar-refractivity contribution in [2.45, 2.75) is 187 Å². The maximum atomic E-state index is 12.3. The van der Waals surface area contributed by atoms with Crippen molar-refractivity contribution in [3.63, 3.8) is 0 Å². The maximum Gasteiger partial charge on any atom is 0.306 e. The Morgan fingerprint density at radius 1 is 0.400 bits per heavy atom. The van der Waals surface area contributed by atoms with Crippen LogP contribution in [0.25, 0.3) is 0 Å². The molecule has 0 unspecified atom stereocenters. The minimum absolute atomic E-state index is 0.0670. The molecule has 0 radical (unpaired) electrons. The summed E-state index contributed by atoms with van der Waals surface area (Å²) in [5, 5.41) is 0. The van der Waals surface area contributed by atoms with Gasteiger partial charge in [-0.15, -0.1) is 0 Å². The number of hydrogen-bond acceptors (Lipinski definition) is 6. The number of esters is 3. The lowest BCUT2D eigenvalue weighted by Gasteiger charge is -2.18. The Labute approximate surface area is 247 Å².